The van der Waals surface area contributed by atoms with Crippen molar-refractivity contribution in [2.45, 2.75) is 6.92 Å². The first-order valence-electron chi connectivity index (χ1n) is 11.5. The molecule has 0 atom stereocenters. The van der Waals surface area contributed by atoms with Gasteiger partial charge in [-0.15, -0.1) is 0 Å². The number of fused-ring (bicyclic) bond motifs is 1. The lowest BCUT2D eigenvalue weighted by Crippen LogP contribution is -2.16. The van der Waals surface area contributed by atoms with Crippen molar-refractivity contribution in [2.75, 3.05) is 34.4 Å². The summed E-state index contributed by atoms with van der Waals surface area (Å²) in [5.74, 6) is -2.36. The highest BCUT2D eigenvalue weighted by atomic mass is 19.1. The van der Waals surface area contributed by atoms with E-state index in [-0.39, 0.29) is 28.3 Å². The molecule has 0 saturated carbocycles. The van der Waals surface area contributed by atoms with Crippen molar-refractivity contribution in [2.24, 2.45) is 5.73 Å². The first-order valence-corrected chi connectivity index (χ1v) is 11.5. The number of carbonyl (C=O) groups excluding carboxylic acids is 1. The number of aryl methyl sites for hydroxylation is 1. The smallest absolute Gasteiger partial charge is 0.254 e. The van der Waals surface area contributed by atoms with Gasteiger partial charge in [-0.3, -0.25) is 14.8 Å². The molecule has 11 heteroatoms. The molecular formula is C27H26F2N4O5. The van der Waals surface area contributed by atoms with E-state index in [1.165, 1.54) is 32.5 Å². The molecule has 4 aromatic rings. The third-order valence-corrected chi connectivity index (χ3v) is 5.66. The number of likely N-dealkylation sites (N-methyl/N-ethyl adjacent to an activating group) is 1. The van der Waals surface area contributed by atoms with Gasteiger partial charge in [0.1, 0.15) is 23.7 Å². The number of nitrogens with two attached hydrogens (primary N) is 1. The number of pyridine rings is 2. The van der Waals surface area contributed by atoms with E-state index in [9.17, 15) is 4.79 Å². The number of aromatic nitrogens is 2. The van der Waals surface area contributed by atoms with Crippen molar-refractivity contribution in [1.82, 2.24) is 15.3 Å². The normalized spacial score (nSPS) is 10.9. The summed E-state index contributed by atoms with van der Waals surface area (Å²) >= 11 is 0. The number of hydrogen-bond acceptors (Lipinski definition) is 8. The van der Waals surface area contributed by atoms with E-state index >= 15 is 8.78 Å². The lowest BCUT2D eigenvalue weighted by Gasteiger charge is -2.15. The average molecular weight is 525 g/mol. The minimum absolute atomic E-state index is 0.00670. The molecule has 0 aliphatic rings. The maximum absolute atomic E-state index is 15.3. The molecule has 0 fully saturated rings. The Labute approximate surface area is 217 Å². The number of hydrogen-bond donors (Lipinski definition) is 2. The van der Waals surface area contributed by atoms with Gasteiger partial charge in [0, 0.05) is 41.5 Å². The highest BCUT2D eigenvalue weighted by Gasteiger charge is 2.23. The standard InChI is InChI=1S/C27H26F2N4O5/c1-14-9-23(36-4)24(27(30)34)25(33-14)15-10-17(28)26(18(29)11-15)38-20-5-6-32-19-13-22(37-8-7-31-2)21(35-3)12-16(19)20/h5-6,9-13,31H,7-8H2,1-4H3,(H2,30,34). The van der Waals surface area contributed by atoms with Crippen molar-refractivity contribution in [3.8, 4) is 40.0 Å². The molecule has 1 amide bonds. The van der Waals surface area contributed by atoms with Crippen molar-refractivity contribution in [3.63, 3.8) is 0 Å². The van der Waals surface area contributed by atoms with Crippen LogP contribution >= 0.6 is 0 Å². The van der Waals surface area contributed by atoms with Gasteiger partial charge in [0.15, 0.2) is 28.9 Å². The van der Waals surface area contributed by atoms with Crippen LogP contribution in [0.15, 0.2) is 42.6 Å². The maximum atomic E-state index is 15.3. The van der Waals surface area contributed by atoms with Gasteiger partial charge in [0.2, 0.25) is 0 Å². The van der Waals surface area contributed by atoms with Crippen LogP contribution in [0, 0.1) is 18.6 Å². The zero-order valence-corrected chi connectivity index (χ0v) is 21.2. The second-order valence-corrected chi connectivity index (χ2v) is 8.21. The fourth-order valence-corrected chi connectivity index (χ4v) is 3.91. The molecule has 0 spiro atoms. The van der Waals surface area contributed by atoms with E-state index in [4.69, 9.17) is 24.7 Å². The van der Waals surface area contributed by atoms with Gasteiger partial charge in [-0.2, -0.15) is 0 Å². The van der Waals surface area contributed by atoms with Crippen LogP contribution in [0.3, 0.4) is 0 Å². The van der Waals surface area contributed by atoms with E-state index in [0.29, 0.717) is 41.2 Å². The Morgan fingerprint density at radius 1 is 1.00 bits per heavy atom. The lowest BCUT2D eigenvalue weighted by molar-refractivity contribution is 0.0997. The summed E-state index contributed by atoms with van der Waals surface area (Å²) in [5.41, 5.74) is 6.34. The summed E-state index contributed by atoms with van der Waals surface area (Å²) in [4.78, 5) is 20.7. The number of ether oxygens (including phenoxy) is 4. The zero-order valence-electron chi connectivity index (χ0n) is 21.2. The van der Waals surface area contributed by atoms with Gasteiger partial charge in [0.25, 0.3) is 5.91 Å². The minimum atomic E-state index is -1.01. The van der Waals surface area contributed by atoms with E-state index in [1.807, 2.05) is 7.05 Å². The number of amides is 1. The Bertz CT molecular complexity index is 1490. The molecule has 2 aromatic carbocycles. The molecule has 4 rings (SSSR count). The predicted molar refractivity (Wildman–Crippen MR) is 137 cm³/mol. The van der Waals surface area contributed by atoms with Gasteiger partial charge in [-0.05, 0) is 38.2 Å². The number of rotatable bonds is 10. The Morgan fingerprint density at radius 3 is 2.34 bits per heavy atom. The predicted octanol–water partition coefficient (Wildman–Crippen LogP) is 4.39. The summed E-state index contributed by atoms with van der Waals surface area (Å²) in [7, 11) is 4.65. The van der Waals surface area contributed by atoms with Crippen LogP contribution in [0.4, 0.5) is 8.78 Å². The van der Waals surface area contributed by atoms with Crippen molar-refractivity contribution in [1.29, 1.82) is 0 Å². The second-order valence-electron chi connectivity index (χ2n) is 8.21. The third kappa shape index (κ3) is 5.28. The van der Waals surface area contributed by atoms with Crippen LogP contribution in [-0.4, -0.2) is 50.3 Å². The molecule has 2 aromatic heterocycles. The first-order chi connectivity index (χ1) is 18.3. The van der Waals surface area contributed by atoms with E-state index in [1.54, 1.807) is 19.1 Å². The van der Waals surface area contributed by atoms with Crippen LogP contribution in [-0.2, 0) is 0 Å². The van der Waals surface area contributed by atoms with Crippen molar-refractivity contribution < 1.29 is 32.5 Å². The van der Waals surface area contributed by atoms with Crippen LogP contribution in [0.2, 0.25) is 0 Å². The number of nitrogens with one attached hydrogen (secondary N) is 1. The van der Waals surface area contributed by atoms with Crippen LogP contribution in [0.25, 0.3) is 22.2 Å². The average Bonchev–Trinajstić information content (AvgIpc) is 2.89. The lowest BCUT2D eigenvalue weighted by atomic mass is 10.0. The number of primary amides is 1. The summed E-state index contributed by atoms with van der Waals surface area (Å²) < 4.78 is 52.6. The Kier molecular flexibility index (Phi) is 7.87. The van der Waals surface area contributed by atoms with E-state index in [0.717, 1.165) is 12.1 Å². The topological polar surface area (TPSA) is 118 Å². The molecule has 0 aliphatic carbocycles. The SMILES string of the molecule is CNCCOc1cc2nccc(Oc3c(F)cc(-c4nc(C)cc(OC)c4C(N)=O)cc3F)c2cc1OC. The second kappa shape index (κ2) is 11.3. The highest BCUT2D eigenvalue weighted by molar-refractivity contribution is 6.01. The number of nitrogens with zero attached hydrogens (tertiary/aromatic N) is 2. The van der Waals surface area contributed by atoms with Gasteiger partial charge in [-0.25, -0.2) is 8.78 Å². The summed E-state index contributed by atoms with van der Waals surface area (Å²) in [6.07, 6.45) is 1.45. The molecule has 9 nitrogen and oxygen atoms in total. The van der Waals surface area contributed by atoms with Crippen LogP contribution in [0.1, 0.15) is 16.1 Å². The van der Waals surface area contributed by atoms with Gasteiger partial charge >= 0.3 is 0 Å². The van der Waals surface area contributed by atoms with Crippen LogP contribution < -0.4 is 30.0 Å². The molecule has 198 valence electrons. The largest absolute Gasteiger partial charge is 0.496 e. The molecular weight excluding hydrogens is 498 g/mol. The summed E-state index contributed by atoms with van der Waals surface area (Å²) in [5, 5.41) is 3.44. The highest BCUT2D eigenvalue weighted by Crippen LogP contribution is 2.39. The molecule has 2 heterocycles. The Hall–Kier alpha value is -4.51. The zero-order chi connectivity index (χ0) is 27.4. The number of benzene rings is 2. The van der Waals surface area contributed by atoms with Crippen molar-refractivity contribution in [3.05, 3.63) is 65.5 Å². The summed E-state index contributed by atoms with van der Waals surface area (Å²) in [6, 6.07) is 8.31. The first kappa shape index (κ1) is 26.6. The molecule has 38 heavy (non-hydrogen) atoms. The number of halogens is 2. The Morgan fingerprint density at radius 2 is 1.71 bits per heavy atom. The molecule has 3 N–H and O–H groups in total. The fourth-order valence-electron chi connectivity index (χ4n) is 3.91. The number of carbonyl (C=O) groups is 1. The third-order valence-electron chi connectivity index (χ3n) is 5.66. The van der Waals surface area contributed by atoms with E-state index < -0.39 is 23.3 Å². The fraction of sp³-hybridized carbons (Fsp3) is 0.222. The molecule has 0 aliphatic heterocycles. The molecule has 0 bridgehead atoms. The molecule has 0 radical (unpaired) electrons. The quantitative estimate of drug-likeness (QED) is 0.293. The van der Waals surface area contributed by atoms with Crippen molar-refractivity contribution >= 4 is 16.8 Å². The van der Waals surface area contributed by atoms with Crippen LogP contribution in [0.5, 0.6) is 28.7 Å². The van der Waals surface area contributed by atoms with Gasteiger partial charge in [-0.1, -0.05) is 0 Å². The maximum Gasteiger partial charge on any atom is 0.254 e. The van der Waals surface area contributed by atoms with Gasteiger partial charge < -0.3 is 30.0 Å². The number of methoxy groups -OCH3 is 2. The van der Waals surface area contributed by atoms with E-state index in [2.05, 4.69) is 15.3 Å². The Balaban J connectivity index is 1.75. The monoisotopic (exact) mass is 524 g/mol. The summed E-state index contributed by atoms with van der Waals surface area (Å²) in [6.45, 7) is 2.68. The molecule has 0 unspecified atom stereocenters. The van der Waals surface area contributed by atoms with Gasteiger partial charge in [0.05, 0.1) is 25.4 Å². The minimum Gasteiger partial charge on any atom is -0.496 e. The molecule has 0 saturated heterocycles.